The van der Waals surface area contributed by atoms with E-state index < -0.39 is 0 Å². The third-order valence-corrected chi connectivity index (χ3v) is 6.88. The Hall–Kier alpha value is -0.380. The maximum atomic E-state index is 8.74. The highest BCUT2D eigenvalue weighted by Crippen LogP contribution is 2.15. The van der Waals surface area contributed by atoms with Gasteiger partial charge in [0.15, 0.2) is 6.29 Å². The molecule has 0 aromatic heterocycles. The molecule has 0 spiro atoms. The molecule has 0 aromatic carbocycles. The first-order valence-electron chi connectivity index (χ1n) is 15.8. The number of allylic oxidation sites excluding steroid dienone is 1. The van der Waals surface area contributed by atoms with Gasteiger partial charge in [-0.3, -0.25) is 0 Å². The molecule has 0 rings (SSSR count). The molecule has 0 saturated heterocycles. The second-order valence-corrected chi connectivity index (χ2v) is 10.4. The predicted octanol–water partition coefficient (Wildman–Crippen LogP) is 10.3. The molecule has 0 radical (unpaired) electrons. The minimum Gasteiger partial charge on any atom is -0.396 e. The summed E-state index contributed by atoms with van der Waals surface area (Å²) in [6.45, 7) is 6.55. The molecular formula is C32H64O3. The van der Waals surface area contributed by atoms with Crippen molar-refractivity contribution in [3.05, 3.63) is 12.2 Å². The summed E-state index contributed by atoms with van der Waals surface area (Å²) < 4.78 is 12.3. The van der Waals surface area contributed by atoms with E-state index in [-0.39, 0.29) is 12.9 Å². The van der Waals surface area contributed by atoms with E-state index in [1.54, 1.807) is 0 Å². The lowest BCUT2D eigenvalue weighted by Crippen LogP contribution is -2.19. The monoisotopic (exact) mass is 496 g/mol. The molecule has 0 atom stereocenters. The van der Waals surface area contributed by atoms with Crippen molar-refractivity contribution in [2.75, 3.05) is 19.8 Å². The number of ether oxygens (including phenoxy) is 2. The highest BCUT2D eigenvalue weighted by atomic mass is 16.7. The smallest absolute Gasteiger partial charge is 0.157 e. The first-order valence-corrected chi connectivity index (χ1v) is 15.8. The van der Waals surface area contributed by atoms with E-state index in [1.807, 2.05) is 0 Å². The van der Waals surface area contributed by atoms with Crippen LogP contribution >= 0.6 is 0 Å². The van der Waals surface area contributed by atoms with Crippen LogP contribution in [0, 0.1) is 0 Å². The van der Waals surface area contributed by atoms with Gasteiger partial charge in [-0.05, 0) is 44.9 Å². The molecule has 0 unspecified atom stereocenters. The molecule has 0 aliphatic carbocycles. The molecule has 0 heterocycles. The van der Waals surface area contributed by atoms with Crippen LogP contribution in [0.2, 0.25) is 0 Å². The number of hydrogen-bond donors (Lipinski definition) is 1. The van der Waals surface area contributed by atoms with E-state index >= 15 is 0 Å². The third-order valence-electron chi connectivity index (χ3n) is 6.88. The van der Waals surface area contributed by atoms with Crippen molar-refractivity contribution in [2.24, 2.45) is 0 Å². The normalized spacial score (nSPS) is 11.9. The van der Waals surface area contributed by atoms with Crippen LogP contribution in [0.15, 0.2) is 12.2 Å². The lowest BCUT2D eigenvalue weighted by Gasteiger charge is -2.19. The summed E-state index contributed by atoms with van der Waals surface area (Å²) in [5, 5.41) is 8.74. The van der Waals surface area contributed by atoms with E-state index in [0.717, 1.165) is 26.1 Å². The molecule has 0 fully saturated rings. The van der Waals surface area contributed by atoms with Gasteiger partial charge < -0.3 is 14.6 Å². The summed E-state index contributed by atoms with van der Waals surface area (Å²) in [7, 11) is 0. The SMILES string of the molecule is CCCCCCCOC(CCCCCCCCCCCCC/C=C\CCO)OCCCCCCC. The Morgan fingerprint density at radius 3 is 1.37 bits per heavy atom. The standard InChI is InChI=1S/C32H64O3/c1-3-5-7-22-26-30-34-32(35-31-27-23-8-6-4-2)28-24-20-18-16-14-12-10-9-11-13-15-17-19-21-25-29-33/h19,21,32-33H,3-18,20,22-31H2,1-2H3/b21-19-. The van der Waals surface area contributed by atoms with Crippen LogP contribution in [-0.2, 0) is 9.47 Å². The Kier molecular flexibility index (Phi) is 31.3. The molecule has 3 nitrogen and oxygen atoms in total. The average Bonchev–Trinajstić information content (AvgIpc) is 2.87. The van der Waals surface area contributed by atoms with Crippen LogP contribution in [0.25, 0.3) is 0 Å². The van der Waals surface area contributed by atoms with Gasteiger partial charge in [-0.1, -0.05) is 135 Å². The molecule has 0 aromatic rings. The third kappa shape index (κ3) is 29.7. The van der Waals surface area contributed by atoms with Crippen molar-refractivity contribution in [2.45, 2.75) is 174 Å². The topological polar surface area (TPSA) is 38.7 Å². The number of aliphatic hydroxyl groups is 1. The van der Waals surface area contributed by atoms with Crippen LogP contribution in [0.1, 0.15) is 168 Å². The zero-order chi connectivity index (χ0) is 25.5. The Morgan fingerprint density at radius 1 is 0.486 bits per heavy atom. The average molecular weight is 497 g/mol. The second-order valence-electron chi connectivity index (χ2n) is 10.4. The highest BCUT2D eigenvalue weighted by molar-refractivity contribution is 4.80. The summed E-state index contributed by atoms with van der Waals surface area (Å²) in [4.78, 5) is 0. The largest absolute Gasteiger partial charge is 0.396 e. The van der Waals surface area contributed by atoms with Gasteiger partial charge in [0.05, 0.1) is 0 Å². The van der Waals surface area contributed by atoms with Gasteiger partial charge in [0.2, 0.25) is 0 Å². The van der Waals surface area contributed by atoms with E-state index in [2.05, 4.69) is 26.0 Å². The molecule has 0 amide bonds. The molecular weight excluding hydrogens is 432 g/mol. The molecule has 0 aliphatic heterocycles. The fourth-order valence-electron chi connectivity index (χ4n) is 4.53. The van der Waals surface area contributed by atoms with Crippen molar-refractivity contribution < 1.29 is 14.6 Å². The van der Waals surface area contributed by atoms with Crippen LogP contribution in [-0.4, -0.2) is 31.2 Å². The second kappa shape index (κ2) is 31.6. The van der Waals surface area contributed by atoms with Gasteiger partial charge in [0.1, 0.15) is 0 Å². The Morgan fingerprint density at radius 2 is 0.886 bits per heavy atom. The number of unbranched alkanes of at least 4 members (excludes halogenated alkanes) is 19. The molecule has 1 N–H and O–H groups in total. The zero-order valence-corrected chi connectivity index (χ0v) is 24.1. The van der Waals surface area contributed by atoms with E-state index in [1.165, 1.54) is 141 Å². The highest BCUT2D eigenvalue weighted by Gasteiger charge is 2.09. The lowest BCUT2D eigenvalue weighted by atomic mass is 10.0. The molecule has 210 valence electrons. The van der Waals surface area contributed by atoms with E-state index in [4.69, 9.17) is 14.6 Å². The van der Waals surface area contributed by atoms with E-state index in [9.17, 15) is 0 Å². The minimum atomic E-state index is 0.0255. The predicted molar refractivity (Wildman–Crippen MR) is 154 cm³/mol. The quantitative estimate of drug-likeness (QED) is 0.0610. The molecule has 0 saturated carbocycles. The van der Waals surface area contributed by atoms with Crippen LogP contribution in [0.3, 0.4) is 0 Å². The van der Waals surface area contributed by atoms with Gasteiger partial charge in [0, 0.05) is 19.8 Å². The molecule has 0 aliphatic rings. The van der Waals surface area contributed by atoms with E-state index in [0.29, 0.717) is 0 Å². The lowest BCUT2D eigenvalue weighted by molar-refractivity contribution is -0.148. The van der Waals surface area contributed by atoms with Crippen molar-refractivity contribution in [3.8, 4) is 0 Å². The summed E-state index contributed by atoms with van der Waals surface area (Å²) >= 11 is 0. The molecule has 35 heavy (non-hydrogen) atoms. The van der Waals surface area contributed by atoms with Crippen LogP contribution < -0.4 is 0 Å². The van der Waals surface area contributed by atoms with Crippen LogP contribution in [0.5, 0.6) is 0 Å². The van der Waals surface area contributed by atoms with Crippen molar-refractivity contribution in [1.82, 2.24) is 0 Å². The zero-order valence-electron chi connectivity index (χ0n) is 24.1. The van der Waals surface area contributed by atoms with Gasteiger partial charge in [0.25, 0.3) is 0 Å². The summed E-state index contributed by atoms with van der Waals surface area (Å²) in [6.07, 6.45) is 35.3. The van der Waals surface area contributed by atoms with Crippen molar-refractivity contribution in [3.63, 3.8) is 0 Å². The Labute approximate surface area is 220 Å². The fraction of sp³-hybridized carbons (Fsp3) is 0.938. The Bertz CT molecular complexity index is 380. The van der Waals surface area contributed by atoms with Gasteiger partial charge >= 0.3 is 0 Å². The molecule has 0 bridgehead atoms. The Balaban J connectivity index is 3.65. The maximum absolute atomic E-state index is 8.74. The summed E-state index contributed by atoms with van der Waals surface area (Å²) in [6, 6.07) is 0. The summed E-state index contributed by atoms with van der Waals surface area (Å²) in [5.41, 5.74) is 0. The number of aliphatic hydroxyl groups excluding tert-OH is 1. The van der Waals surface area contributed by atoms with Gasteiger partial charge in [-0.2, -0.15) is 0 Å². The van der Waals surface area contributed by atoms with Crippen molar-refractivity contribution >= 4 is 0 Å². The van der Waals surface area contributed by atoms with Gasteiger partial charge in [-0.25, -0.2) is 0 Å². The van der Waals surface area contributed by atoms with Gasteiger partial charge in [-0.15, -0.1) is 0 Å². The number of rotatable bonds is 30. The van der Waals surface area contributed by atoms with Crippen LogP contribution in [0.4, 0.5) is 0 Å². The summed E-state index contributed by atoms with van der Waals surface area (Å²) in [5.74, 6) is 0. The number of hydrogen-bond acceptors (Lipinski definition) is 3. The minimum absolute atomic E-state index is 0.0255. The van der Waals surface area contributed by atoms with Crippen molar-refractivity contribution in [1.29, 1.82) is 0 Å². The first kappa shape index (κ1) is 34.6. The maximum Gasteiger partial charge on any atom is 0.157 e. The fourth-order valence-corrected chi connectivity index (χ4v) is 4.53. The first-order chi connectivity index (χ1) is 17.3. The molecule has 3 heteroatoms.